The number of benzene rings is 5. The Kier molecular flexibility index (Phi) is 9.44. The molecule has 0 heterocycles. The van der Waals surface area contributed by atoms with Crippen molar-refractivity contribution >= 4 is 31.1 Å². The molecule has 0 aliphatic rings. The Hall–Kier alpha value is -3.89. The second-order valence-electron chi connectivity index (χ2n) is 8.52. The van der Waals surface area contributed by atoms with Crippen LogP contribution in [0.3, 0.4) is 0 Å². The van der Waals surface area contributed by atoms with E-state index in [1.165, 1.54) is 26.8 Å². The lowest BCUT2D eigenvalue weighted by molar-refractivity contribution is 0.463. The van der Waals surface area contributed by atoms with E-state index >= 15 is 0 Å². The van der Waals surface area contributed by atoms with Crippen LogP contribution < -0.4 is 4.18 Å². The lowest BCUT2D eigenvalue weighted by atomic mass is 10.2. The average molecular weight is 591 g/mol. The number of hydrogen-bond acceptors (Lipinski definition) is 6. The Morgan fingerprint density at radius 1 is 0.525 bits per heavy atom. The van der Waals surface area contributed by atoms with Crippen molar-refractivity contribution in [2.75, 3.05) is 0 Å². The fourth-order valence-electron chi connectivity index (χ4n) is 3.62. The van der Waals surface area contributed by atoms with Crippen molar-refractivity contribution < 1.29 is 25.6 Å². The van der Waals surface area contributed by atoms with Crippen molar-refractivity contribution in [1.82, 2.24) is 0 Å². The Bertz CT molecular complexity index is 1630. The van der Waals surface area contributed by atoms with E-state index in [4.69, 9.17) is 4.18 Å². The van der Waals surface area contributed by atoms with Crippen LogP contribution in [0.4, 0.5) is 0 Å². The first kappa shape index (κ1) is 29.1. The lowest BCUT2D eigenvalue weighted by Crippen LogP contribution is -2.09. The summed E-state index contributed by atoms with van der Waals surface area (Å²) in [6.07, 6.45) is 0. The summed E-state index contributed by atoms with van der Waals surface area (Å²) >= 11 is 0. The third-order valence-corrected chi connectivity index (χ3v) is 9.91. The third kappa shape index (κ3) is 7.83. The van der Waals surface area contributed by atoms with Crippen molar-refractivity contribution in [1.29, 1.82) is 0 Å². The first-order valence-electron chi connectivity index (χ1n) is 12.1. The first-order chi connectivity index (χ1) is 19.1. The standard InChI is InChI=1S/C18H15S.C13H12O6S2/c1-4-10-16(11-5-1)19(17-12-6-2-7-13-17)18-14-8-3-9-15-18;1-10-2-6-13(7-3-10)21(17,18)19-11-4-8-12(9-5-11)20(14,15)16/h1-15H;2-9H,1H3,(H,14,15,16)/q+1;/p-1. The van der Waals surface area contributed by atoms with Crippen molar-refractivity contribution in [3.05, 3.63) is 145 Å². The summed E-state index contributed by atoms with van der Waals surface area (Å²) in [4.78, 5) is 3.61. The van der Waals surface area contributed by atoms with Gasteiger partial charge in [-0.2, -0.15) is 8.42 Å². The zero-order valence-electron chi connectivity index (χ0n) is 21.5. The molecule has 9 heteroatoms. The van der Waals surface area contributed by atoms with E-state index in [9.17, 15) is 21.4 Å². The predicted molar refractivity (Wildman–Crippen MR) is 155 cm³/mol. The minimum atomic E-state index is -4.58. The Labute approximate surface area is 238 Å². The van der Waals surface area contributed by atoms with Gasteiger partial charge >= 0.3 is 10.1 Å². The van der Waals surface area contributed by atoms with Gasteiger partial charge in [-0.05, 0) is 79.7 Å². The quantitative estimate of drug-likeness (QED) is 0.123. The van der Waals surface area contributed by atoms with Crippen LogP contribution in [0, 0.1) is 6.92 Å². The van der Waals surface area contributed by atoms with Crippen LogP contribution in [0.1, 0.15) is 5.56 Å². The molecule has 0 N–H and O–H groups in total. The van der Waals surface area contributed by atoms with Gasteiger partial charge in [0.2, 0.25) is 0 Å². The average Bonchev–Trinajstić information content (AvgIpc) is 2.95. The van der Waals surface area contributed by atoms with E-state index in [-0.39, 0.29) is 21.5 Å². The van der Waals surface area contributed by atoms with E-state index in [0.717, 1.165) is 29.8 Å². The molecule has 0 atom stereocenters. The van der Waals surface area contributed by atoms with Gasteiger partial charge in [0.15, 0.2) is 14.7 Å². The maximum atomic E-state index is 12.0. The molecule has 0 fully saturated rings. The van der Waals surface area contributed by atoms with E-state index < -0.39 is 25.1 Å². The Morgan fingerprint density at radius 2 is 0.900 bits per heavy atom. The van der Waals surface area contributed by atoms with Gasteiger partial charge < -0.3 is 8.74 Å². The van der Waals surface area contributed by atoms with Crippen molar-refractivity contribution in [3.63, 3.8) is 0 Å². The van der Waals surface area contributed by atoms with E-state index in [0.29, 0.717) is 0 Å². The molecule has 0 spiro atoms. The van der Waals surface area contributed by atoms with Crippen LogP contribution in [-0.4, -0.2) is 21.4 Å². The van der Waals surface area contributed by atoms with E-state index in [2.05, 4.69) is 91.0 Å². The topological polar surface area (TPSA) is 101 Å². The fourth-order valence-corrected chi connectivity index (χ4v) is 7.12. The van der Waals surface area contributed by atoms with Gasteiger partial charge in [-0.3, -0.25) is 0 Å². The van der Waals surface area contributed by atoms with Gasteiger partial charge in [0.1, 0.15) is 20.8 Å². The molecule has 0 radical (unpaired) electrons. The predicted octanol–water partition coefficient (Wildman–Crippen LogP) is 6.45. The van der Waals surface area contributed by atoms with E-state index in [1.54, 1.807) is 12.1 Å². The summed E-state index contributed by atoms with van der Waals surface area (Å²) in [5.74, 6) is -0.0806. The summed E-state index contributed by atoms with van der Waals surface area (Å²) in [7, 11) is -8.60. The molecular formula is C31H26O6S3. The highest BCUT2D eigenvalue weighted by molar-refractivity contribution is 7.97. The van der Waals surface area contributed by atoms with Gasteiger partial charge in [-0.1, -0.05) is 72.3 Å². The summed E-state index contributed by atoms with van der Waals surface area (Å²) in [5.41, 5.74) is 0.902. The van der Waals surface area contributed by atoms with Crippen LogP contribution in [0.15, 0.2) is 164 Å². The molecule has 0 aliphatic heterocycles. The van der Waals surface area contributed by atoms with Crippen molar-refractivity contribution in [2.24, 2.45) is 0 Å². The normalized spacial score (nSPS) is 11.4. The summed E-state index contributed by atoms with van der Waals surface area (Å²) in [6, 6.07) is 42.4. The SMILES string of the molecule is Cc1ccc(S(=O)(=O)Oc2ccc(S(=O)(=O)[O-])cc2)cc1.c1ccc([S+](c2ccccc2)c2ccccc2)cc1. The molecule has 0 saturated heterocycles. The fraction of sp³-hybridized carbons (Fsp3) is 0.0323. The van der Waals surface area contributed by atoms with Crippen LogP contribution in [0.25, 0.3) is 0 Å². The maximum Gasteiger partial charge on any atom is 0.339 e. The van der Waals surface area contributed by atoms with Gasteiger partial charge in [-0.25, -0.2) is 8.42 Å². The molecule has 5 rings (SSSR count). The highest BCUT2D eigenvalue weighted by Gasteiger charge is 2.27. The molecule has 0 aromatic heterocycles. The third-order valence-electron chi connectivity index (χ3n) is 5.56. The lowest BCUT2D eigenvalue weighted by Gasteiger charge is -2.09. The molecule has 6 nitrogen and oxygen atoms in total. The summed E-state index contributed by atoms with van der Waals surface area (Å²) in [6.45, 7) is 1.82. The van der Waals surface area contributed by atoms with E-state index in [1.807, 2.05) is 6.92 Å². The van der Waals surface area contributed by atoms with Gasteiger partial charge in [0, 0.05) is 0 Å². The molecule has 0 saturated carbocycles. The minimum absolute atomic E-state index is 0.0146. The molecule has 5 aromatic carbocycles. The van der Waals surface area contributed by atoms with Gasteiger partial charge in [0.25, 0.3) is 0 Å². The Morgan fingerprint density at radius 3 is 1.27 bits per heavy atom. The smallest absolute Gasteiger partial charge is 0.339 e. The van der Waals surface area contributed by atoms with Crippen LogP contribution in [0.2, 0.25) is 0 Å². The molecule has 40 heavy (non-hydrogen) atoms. The second kappa shape index (κ2) is 13.0. The highest BCUT2D eigenvalue weighted by Crippen LogP contribution is 2.30. The van der Waals surface area contributed by atoms with Crippen molar-refractivity contribution in [3.8, 4) is 5.75 Å². The second-order valence-corrected chi connectivity index (χ2v) is 13.5. The van der Waals surface area contributed by atoms with Crippen LogP contribution in [0.5, 0.6) is 5.75 Å². The monoisotopic (exact) mass is 590 g/mol. The van der Waals surface area contributed by atoms with Gasteiger partial charge in [0.05, 0.1) is 15.8 Å². The van der Waals surface area contributed by atoms with Crippen LogP contribution >= 0.6 is 0 Å². The largest absolute Gasteiger partial charge is 0.744 e. The molecule has 204 valence electrons. The molecule has 0 unspecified atom stereocenters. The molecular weight excluding hydrogens is 565 g/mol. The van der Waals surface area contributed by atoms with Gasteiger partial charge in [-0.15, -0.1) is 0 Å². The maximum absolute atomic E-state index is 12.0. The summed E-state index contributed by atoms with van der Waals surface area (Å²) in [5, 5.41) is 0. The number of rotatable bonds is 7. The highest BCUT2D eigenvalue weighted by atomic mass is 32.2. The number of aryl methyl sites for hydroxylation is 1. The van der Waals surface area contributed by atoms with Crippen molar-refractivity contribution in [2.45, 2.75) is 31.4 Å². The van der Waals surface area contributed by atoms with Crippen LogP contribution in [-0.2, 0) is 31.1 Å². The first-order valence-corrected chi connectivity index (χ1v) is 16.1. The minimum Gasteiger partial charge on any atom is -0.744 e. The summed E-state index contributed by atoms with van der Waals surface area (Å²) < 4.78 is 61.2. The molecule has 0 bridgehead atoms. The molecule has 0 aliphatic carbocycles. The molecule has 0 amide bonds. The molecule has 5 aromatic rings. The number of hydrogen-bond donors (Lipinski definition) is 0. The zero-order valence-corrected chi connectivity index (χ0v) is 23.9. The zero-order chi connectivity index (χ0) is 28.6. The Balaban J connectivity index is 0.000000186.